The van der Waals surface area contributed by atoms with Gasteiger partial charge in [0, 0.05) is 52.1 Å². The molecule has 10 rings (SSSR count). The van der Waals surface area contributed by atoms with Gasteiger partial charge in [0.15, 0.2) is 17.5 Å². The minimum Gasteiger partial charge on any atom is -0.376 e. The molecule has 0 radical (unpaired) electrons. The fourth-order valence-corrected chi connectivity index (χ4v) is 7.42. The van der Waals surface area contributed by atoms with E-state index in [1.807, 2.05) is 48.7 Å². The zero-order valence-electron chi connectivity index (χ0n) is 27.9. The highest BCUT2D eigenvalue weighted by Crippen LogP contribution is 2.46. The fourth-order valence-electron chi connectivity index (χ4n) is 7.42. The fraction of sp³-hybridized carbons (Fsp3) is 0. The molecular formula is C44H28BN7. The SMILES string of the molecule is C1=CB2c3cc(-c4nc(-c5ccccn5)nc(-c5ccccn5)n4)cc(-c4cccc5cccnc45)c3-c3ccccc3N2C(c2ccccc2)=C1. The maximum atomic E-state index is 5.09. The number of allylic oxidation sites excluding steroid dienone is 2. The summed E-state index contributed by atoms with van der Waals surface area (Å²) in [5, 5.41) is 1.08. The molecule has 0 amide bonds. The van der Waals surface area contributed by atoms with Crippen molar-refractivity contribution in [2.75, 3.05) is 4.81 Å². The molecule has 0 saturated heterocycles. The van der Waals surface area contributed by atoms with Gasteiger partial charge >= 0.3 is 6.85 Å². The van der Waals surface area contributed by atoms with Gasteiger partial charge in [-0.2, -0.15) is 0 Å². The van der Waals surface area contributed by atoms with E-state index in [0.29, 0.717) is 28.9 Å². The molecule has 8 heteroatoms. The summed E-state index contributed by atoms with van der Waals surface area (Å²) in [7, 11) is 0. The second-order valence-electron chi connectivity index (χ2n) is 12.7. The largest absolute Gasteiger partial charge is 0.376 e. The van der Waals surface area contributed by atoms with E-state index in [2.05, 4.69) is 124 Å². The average Bonchev–Trinajstić information content (AvgIpc) is 3.23. The molecule has 0 atom stereocenters. The first-order valence-electron chi connectivity index (χ1n) is 17.2. The predicted octanol–water partition coefficient (Wildman–Crippen LogP) is 8.71. The van der Waals surface area contributed by atoms with Crippen LogP contribution in [0.2, 0.25) is 0 Å². The van der Waals surface area contributed by atoms with Crippen LogP contribution < -0.4 is 10.3 Å². The van der Waals surface area contributed by atoms with E-state index >= 15 is 0 Å². The van der Waals surface area contributed by atoms with Crippen LogP contribution in [0.3, 0.4) is 0 Å². The Balaban J connectivity index is 1.28. The Morgan fingerprint density at radius 2 is 1.17 bits per heavy atom. The summed E-state index contributed by atoms with van der Waals surface area (Å²) in [6, 6.07) is 45.7. The number of aromatic nitrogens is 6. The van der Waals surface area contributed by atoms with Crippen LogP contribution in [-0.4, -0.2) is 36.8 Å². The third kappa shape index (κ3) is 5.00. The molecule has 0 fully saturated rings. The molecule has 4 aromatic carbocycles. The smallest absolute Gasteiger partial charge is 0.321 e. The number of hydrogen-bond acceptors (Lipinski definition) is 7. The maximum absolute atomic E-state index is 5.09. The Labute approximate surface area is 300 Å². The summed E-state index contributed by atoms with van der Waals surface area (Å²) in [4.78, 5) is 31.6. The van der Waals surface area contributed by atoms with Gasteiger partial charge in [-0.3, -0.25) is 15.0 Å². The molecule has 8 aromatic rings. The molecule has 242 valence electrons. The average molecular weight is 666 g/mol. The number of benzene rings is 4. The molecule has 2 aliphatic rings. The highest BCUT2D eigenvalue weighted by molar-refractivity contribution is 6.85. The van der Waals surface area contributed by atoms with E-state index in [9.17, 15) is 0 Å². The second kappa shape index (κ2) is 12.4. The number of rotatable bonds is 5. The number of hydrogen-bond donors (Lipinski definition) is 0. The topological polar surface area (TPSA) is 80.6 Å². The van der Waals surface area contributed by atoms with Gasteiger partial charge in [-0.05, 0) is 70.7 Å². The summed E-state index contributed by atoms with van der Waals surface area (Å²) in [6.07, 6.45) is 9.75. The predicted molar refractivity (Wildman–Crippen MR) is 209 cm³/mol. The Kier molecular flexibility index (Phi) is 7.09. The van der Waals surface area contributed by atoms with Crippen molar-refractivity contribution in [2.45, 2.75) is 0 Å². The molecule has 0 bridgehead atoms. The monoisotopic (exact) mass is 665 g/mol. The van der Waals surface area contributed by atoms with Gasteiger partial charge in [-0.25, -0.2) is 15.0 Å². The number of fused-ring (bicyclic) bond motifs is 7. The second-order valence-corrected chi connectivity index (χ2v) is 12.7. The van der Waals surface area contributed by atoms with E-state index in [1.54, 1.807) is 12.4 Å². The molecule has 0 unspecified atom stereocenters. The van der Waals surface area contributed by atoms with Gasteiger partial charge in [0.1, 0.15) is 11.4 Å². The molecular weight excluding hydrogens is 637 g/mol. The van der Waals surface area contributed by atoms with Gasteiger partial charge in [-0.15, -0.1) is 0 Å². The van der Waals surface area contributed by atoms with Crippen LogP contribution >= 0.6 is 0 Å². The standard InChI is InChI=1S/C44H28BN7/c1-2-13-29(14-3-1)38-22-11-23-45-35-28-31(42-49-43(36-19-6-8-24-46-36)51-44(50-42)37-20-7-9-25-47-37)27-34(32-18-10-15-30-16-12-26-48-41(30)32)40(35)33-17-4-5-21-39(33)52(38)45/h1-28H. The van der Waals surface area contributed by atoms with Crippen LogP contribution in [-0.2, 0) is 0 Å². The van der Waals surface area contributed by atoms with Crippen molar-refractivity contribution in [2.24, 2.45) is 0 Å². The molecule has 4 aromatic heterocycles. The summed E-state index contributed by atoms with van der Waals surface area (Å²) < 4.78 is 0. The first kappa shape index (κ1) is 29.8. The molecule has 0 spiro atoms. The van der Waals surface area contributed by atoms with Gasteiger partial charge in [0.25, 0.3) is 0 Å². The first-order valence-corrected chi connectivity index (χ1v) is 17.2. The summed E-state index contributed by atoms with van der Waals surface area (Å²) in [6.45, 7) is -0.0981. The van der Waals surface area contributed by atoms with Gasteiger partial charge in [-0.1, -0.05) is 103 Å². The van der Waals surface area contributed by atoms with Crippen molar-refractivity contribution in [1.29, 1.82) is 0 Å². The molecule has 52 heavy (non-hydrogen) atoms. The lowest BCUT2D eigenvalue weighted by atomic mass is 9.48. The quantitative estimate of drug-likeness (QED) is 0.170. The molecule has 0 N–H and O–H groups in total. The van der Waals surface area contributed by atoms with Gasteiger partial charge in [0.2, 0.25) is 0 Å². The maximum Gasteiger partial charge on any atom is 0.321 e. The minimum atomic E-state index is -0.0981. The normalized spacial score (nSPS) is 13.0. The third-order valence-corrected chi connectivity index (χ3v) is 9.68. The van der Waals surface area contributed by atoms with E-state index in [4.69, 9.17) is 19.9 Å². The van der Waals surface area contributed by atoms with Crippen molar-refractivity contribution in [3.8, 4) is 56.7 Å². The van der Waals surface area contributed by atoms with E-state index < -0.39 is 0 Å². The lowest BCUT2D eigenvalue weighted by molar-refractivity contribution is 1.05. The van der Waals surface area contributed by atoms with Crippen molar-refractivity contribution >= 4 is 34.6 Å². The van der Waals surface area contributed by atoms with Crippen molar-refractivity contribution < 1.29 is 0 Å². The Bertz CT molecular complexity index is 2630. The molecule has 2 aliphatic heterocycles. The summed E-state index contributed by atoms with van der Waals surface area (Å²) in [5.74, 6) is 3.78. The lowest BCUT2D eigenvalue weighted by Crippen LogP contribution is -2.51. The number of nitrogens with zero attached hydrogens (tertiary/aromatic N) is 7. The van der Waals surface area contributed by atoms with Gasteiger partial charge in [0.05, 0.1) is 5.52 Å². The number of para-hydroxylation sites is 2. The Morgan fingerprint density at radius 1 is 0.500 bits per heavy atom. The van der Waals surface area contributed by atoms with Crippen molar-refractivity contribution in [3.05, 3.63) is 176 Å². The number of pyridine rings is 3. The zero-order chi connectivity index (χ0) is 34.4. The van der Waals surface area contributed by atoms with E-state index in [-0.39, 0.29) is 6.85 Å². The van der Waals surface area contributed by atoms with Crippen LogP contribution in [0.15, 0.2) is 170 Å². The van der Waals surface area contributed by atoms with E-state index in [0.717, 1.165) is 55.6 Å². The molecule has 0 saturated carbocycles. The summed E-state index contributed by atoms with van der Waals surface area (Å²) >= 11 is 0. The Morgan fingerprint density at radius 3 is 1.94 bits per heavy atom. The van der Waals surface area contributed by atoms with Crippen LogP contribution in [0.5, 0.6) is 0 Å². The molecule has 0 aliphatic carbocycles. The third-order valence-electron chi connectivity index (χ3n) is 9.68. The molecule has 7 nitrogen and oxygen atoms in total. The summed E-state index contributed by atoms with van der Waals surface area (Å²) in [5.41, 5.74) is 12.1. The van der Waals surface area contributed by atoms with Crippen molar-refractivity contribution in [3.63, 3.8) is 0 Å². The van der Waals surface area contributed by atoms with Gasteiger partial charge < -0.3 is 4.81 Å². The van der Waals surface area contributed by atoms with Crippen LogP contribution in [0.1, 0.15) is 5.56 Å². The highest BCUT2D eigenvalue weighted by atomic mass is 15.1. The highest BCUT2D eigenvalue weighted by Gasteiger charge is 2.38. The minimum absolute atomic E-state index is 0.0981. The number of anilines is 1. The Hall–Kier alpha value is -7.06. The van der Waals surface area contributed by atoms with Crippen LogP contribution in [0.4, 0.5) is 5.69 Å². The first-order chi connectivity index (χ1) is 25.8. The zero-order valence-corrected chi connectivity index (χ0v) is 27.9. The van der Waals surface area contributed by atoms with Crippen LogP contribution in [0, 0.1) is 0 Å². The lowest BCUT2D eigenvalue weighted by Gasteiger charge is -2.41. The van der Waals surface area contributed by atoms with Crippen LogP contribution in [0.25, 0.3) is 73.3 Å². The molecule has 6 heterocycles. The van der Waals surface area contributed by atoms with Crippen molar-refractivity contribution in [1.82, 2.24) is 29.9 Å². The van der Waals surface area contributed by atoms with E-state index in [1.165, 1.54) is 5.56 Å².